The standard InChI is InChI=1S/C15H20FNO3/c1-14(2,3)20-13(19)17(5)15(4,10-18)11-8-6-7-9-12(11)16/h6-10H,1-5H3. The Morgan fingerprint density at radius 3 is 2.25 bits per heavy atom. The van der Waals surface area contributed by atoms with Crippen LogP contribution in [0.3, 0.4) is 0 Å². The third-order valence-electron chi connectivity index (χ3n) is 3.01. The molecule has 0 aliphatic carbocycles. The fourth-order valence-electron chi connectivity index (χ4n) is 1.71. The summed E-state index contributed by atoms with van der Waals surface area (Å²) in [5.41, 5.74) is -1.98. The molecule has 110 valence electrons. The van der Waals surface area contributed by atoms with E-state index in [2.05, 4.69) is 0 Å². The van der Waals surface area contributed by atoms with Gasteiger partial charge in [-0.25, -0.2) is 9.18 Å². The highest BCUT2D eigenvalue weighted by Crippen LogP contribution is 2.28. The molecule has 4 nitrogen and oxygen atoms in total. The lowest BCUT2D eigenvalue weighted by Gasteiger charge is -2.35. The molecule has 20 heavy (non-hydrogen) atoms. The number of benzene rings is 1. The van der Waals surface area contributed by atoms with Crippen LogP contribution >= 0.6 is 0 Å². The lowest BCUT2D eigenvalue weighted by atomic mass is 9.92. The van der Waals surface area contributed by atoms with Crippen LogP contribution in [0.1, 0.15) is 33.3 Å². The molecule has 1 amide bonds. The second kappa shape index (κ2) is 5.61. The lowest BCUT2D eigenvalue weighted by molar-refractivity contribution is -0.117. The molecule has 1 aromatic carbocycles. The van der Waals surface area contributed by atoms with Gasteiger partial charge in [0.1, 0.15) is 23.2 Å². The highest BCUT2D eigenvalue weighted by Gasteiger charge is 2.38. The van der Waals surface area contributed by atoms with Crippen molar-refractivity contribution in [2.24, 2.45) is 0 Å². The molecule has 1 atom stereocenters. The van der Waals surface area contributed by atoms with Gasteiger partial charge in [-0.05, 0) is 33.8 Å². The largest absolute Gasteiger partial charge is 0.444 e. The number of hydrogen-bond acceptors (Lipinski definition) is 3. The lowest BCUT2D eigenvalue weighted by Crippen LogP contribution is -2.48. The van der Waals surface area contributed by atoms with Crippen LogP contribution in [0.4, 0.5) is 9.18 Å². The van der Waals surface area contributed by atoms with Crippen LogP contribution in [0.25, 0.3) is 0 Å². The van der Waals surface area contributed by atoms with Gasteiger partial charge in [0.25, 0.3) is 0 Å². The second-order valence-electron chi connectivity index (χ2n) is 5.78. The summed E-state index contributed by atoms with van der Waals surface area (Å²) in [6.45, 7) is 6.64. The van der Waals surface area contributed by atoms with Crippen molar-refractivity contribution in [1.29, 1.82) is 0 Å². The highest BCUT2D eigenvalue weighted by atomic mass is 19.1. The van der Waals surface area contributed by atoms with E-state index in [0.717, 1.165) is 4.90 Å². The van der Waals surface area contributed by atoms with E-state index < -0.39 is 23.1 Å². The number of carbonyl (C=O) groups excluding carboxylic acids is 2. The molecule has 1 unspecified atom stereocenters. The number of rotatable bonds is 3. The van der Waals surface area contributed by atoms with Gasteiger partial charge in [-0.2, -0.15) is 0 Å². The quantitative estimate of drug-likeness (QED) is 0.800. The minimum atomic E-state index is -1.42. The van der Waals surface area contributed by atoms with Gasteiger partial charge in [0.05, 0.1) is 0 Å². The molecule has 0 spiro atoms. The maximum absolute atomic E-state index is 13.9. The van der Waals surface area contributed by atoms with Crippen LogP contribution in [0.5, 0.6) is 0 Å². The van der Waals surface area contributed by atoms with Crippen LogP contribution in [0.15, 0.2) is 24.3 Å². The van der Waals surface area contributed by atoms with Crippen molar-refractivity contribution >= 4 is 12.4 Å². The normalized spacial score (nSPS) is 14.3. The first-order valence-corrected chi connectivity index (χ1v) is 6.30. The monoisotopic (exact) mass is 281 g/mol. The first kappa shape index (κ1) is 16.1. The summed E-state index contributed by atoms with van der Waals surface area (Å²) >= 11 is 0. The predicted octanol–water partition coefficient (Wildman–Crippen LogP) is 3.11. The van der Waals surface area contributed by atoms with E-state index >= 15 is 0 Å². The van der Waals surface area contributed by atoms with Crippen LogP contribution in [0, 0.1) is 5.82 Å². The molecular formula is C15H20FNO3. The van der Waals surface area contributed by atoms with Crippen LogP contribution in [0.2, 0.25) is 0 Å². The van der Waals surface area contributed by atoms with E-state index in [1.807, 2.05) is 0 Å². The SMILES string of the molecule is CN(C(=O)OC(C)(C)C)C(C)(C=O)c1ccccc1F. The molecule has 0 aliphatic heterocycles. The third kappa shape index (κ3) is 3.35. The van der Waals surface area contributed by atoms with Crippen LogP contribution in [-0.2, 0) is 15.1 Å². The summed E-state index contributed by atoms with van der Waals surface area (Å²) in [5, 5.41) is 0. The molecule has 1 rings (SSSR count). The zero-order chi connectivity index (χ0) is 15.6. The van der Waals surface area contributed by atoms with Crippen LogP contribution in [-0.4, -0.2) is 29.9 Å². The Hall–Kier alpha value is -1.91. The van der Waals surface area contributed by atoms with Gasteiger partial charge in [0, 0.05) is 12.6 Å². The van der Waals surface area contributed by atoms with Gasteiger partial charge < -0.3 is 9.53 Å². The number of hydrogen-bond donors (Lipinski definition) is 0. The maximum Gasteiger partial charge on any atom is 0.411 e. The van der Waals surface area contributed by atoms with E-state index in [0.29, 0.717) is 6.29 Å². The number of aldehydes is 1. The topological polar surface area (TPSA) is 46.6 Å². The Bertz CT molecular complexity index is 510. The van der Waals surface area contributed by atoms with E-state index in [4.69, 9.17) is 4.74 Å². The molecule has 0 heterocycles. The molecule has 0 N–H and O–H groups in total. The second-order valence-corrected chi connectivity index (χ2v) is 5.78. The minimum Gasteiger partial charge on any atom is -0.444 e. The Balaban J connectivity index is 3.14. The molecule has 0 bridgehead atoms. The van der Waals surface area contributed by atoms with Crippen molar-refractivity contribution in [3.63, 3.8) is 0 Å². The van der Waals surface area contributed by atoms with E-state index in [9.17, 15) is 14.0 Å². The molecule has 0 fully saturated rings. The zero-order valence-corrected chi connectivity index (χ0v) is 12.4. The first-order valence-electron chi connectivity index (χ1n) is 6.30. The first-order chi connectivity index (χ1) is 9.12. The van der Waals surface area contributed by atoms with Crippen LogP contribution < -0.4 is 0 Å². The molecular weight excluding hydrogens is 261 g/mol. The summed E-state index contributed by atoms with van der Waals surface area (Å²) in [7, 11) is 1.41. The van der Waals surface area contributed by atoms with Gasteiger partial charge in [-0.1, -0.05) is 18.2 Å². The van der Waals surface area contributed by atoms with E-state index in [1.165, 1.54) is 32.2 Å². The molecule has 5 heteroatoms. The molecule has 0 aliphatic rings. The summed E-state index contributed by atoms with van der Waals surface area (Å²) in [6.07, 6.45) is -0.148. The van der Waals surface area contributed by atoms with E-state index in [1.54, 1.807) is 26.8 Å². The Morgan fingerprint density at radius 1 is 1.25 bits per heavy atom. The highest BCUT2D eigenvalue weighted by molar-refractivity contribution is 5.78. The number of nitrogens with zero attached hydrogens (tertiary/aromatic N) is 1. The van der Waals surface area contributed by atoms with Crippen molar-refractivity contribution in [2.45, 2.75) is 38.8 Å². The van der Waals surface area contributed by atoms with E-state index in [-0.39, 0.29) is 5.56 Å². The Labute approximate surface area is 118 Å². The van der Waals surface area contributed by atoms with Gasteiger partial charge in [-0.3, -0.25) is 4.90 Å². The smallest absolute Gasteiger partial charge is 0.411 e. The minimum absolute atomic E-state index is 0.128. The average Bonchev–Trinajstić information content (AvgIpc) is 2.35. The summed E-state index contributed by atoms with van der Waals surface area (Å²) in [5.74, 6) is -0.544. The van der Waals surface area contributed by atoms with Crippen molar-refractivity contribution in [3.8, 4) is 0 Å². The molecule has 0 radical (unpaired) electrons. The predicted molar refractivity (Wildman–Crippen MR) is 73.8 cm³/mol. The zero-order valence-electron chi connectivity index (χ0n) is 12.4. The number of halogens is 1. The van der Waals surface area contributed by atoms with Gasteiger partial charge in [-0.15, -0.1) is 0 Å². The maximum atomic E-state index is 13.9. The molecule has 0 saturated carbocycles. The summed E-state index contributed by atoms with van der Waals surface area (Å²) < 4.78 is 19.1. The number of ether oxygens (including phenoxy) is 1. The van der Waals surface area contributed by atoms with Gasteiger partial charge >= 0.3 is 6.09 Å². The Morgan fingerprint density at radius 2 is 1.80 bits per heavy atom. The average molecular weight is 281 g/mol. The van der Waals surface area contributed by atoms with Gasteiger partial charge in [0.15, 0.2) is 0 Å². The van der Waals surface area contributed by atoms with Crippen molar-refractivity contribution in [1.82, 2.24) is 4.90 Å². The summed E-state index contributed by atoms with van der Waals surface area (Å²) in [6, 6.07) is 5.87. The molecule has 1 aromatic rings. The van der Waals surface area contributed by atoms with Crippen molar-refractivity contribution in [3.05, 3.63) is 35.6 Å². The molecule has 0 saturated heterocycles. The fourth-order valence-corrected chi connectivity index (χ4v) is 1.71. The molecule has 0 aromatic heterocycles. The number of likely N-dealkylation sites (N-methyl/N-ethyl adjacent to an activating group) is 1. The van der Waals surface area contributed by atoms with Crippen molar-refractivity contribution < 1.29 is 18.7 Å². The Kier molecular flexibility index (Phi) is 4.53. The third-order valence-corrected chi connectivity index (χ3v) is 3.01. The fraction of sp³-hybridized carbons (Fsp3) is 0.467. The van der Waals surface area contributed by atoms with Gasteiger partial charge in [0.2, 0.25) is 0 Å². The summed E-state index contributed by atoms with van der Waals surface area (Å²) in [4.78, 5) is 24.6. The van der Waals surface area contributed by atoms with Crippen molar-refractivity contribution in [2.75, 3.05) is 7.05 Å². The number of carbonyl (C=O) groups is 2. The number of amides is 1.